The van der Waals surface area contributed by atoms with Crippen LogP contribution < -0.4 is 15.5 Å². The lowest BCUT2D eigenvalue weighted by Gasteiger charge is -2.36. The molecule has 2 atom stereocenters. The highest BCUT2D eigenvalue weighted by Crippen LogP contribution is 2.33. The fourth-order valence-electron chi connectivity index (χ4n) is 4.82. The van der Waals surface area contributed by atoms with Gasteiger partial charge in [-0.05, 0) is 38.8 Å². The average Bonchev–Trinajstić information content (AvgIpc) is 2.95. The molecule has 1 aromatic heterocycles. The first-order chi connectivity index (χ1) is 14.9. The fourth-order valence-corrected chi connectivity index (χ4v) is 4.82. The number of carbonyl (C=O) groups excluding carboxylic acids is 3. The number of nitrogens with zero attached hydrogens (tertiary/aromatic N) is 3. The van der Waals surface area contributed by atoms with Crippen molar-refractivity contribution >= 4 is 29.4 Å². The summed E-state index contributed by atoms with van der Waals surface area (Å²) >= 11 is 0. The Labute approximate surface area is 182 Å². The maximum absolute atomic E-state index is 12.8. The smallest absolute Gasteiger partial charge is 0.325 e. The maximum Gasteiger partial charge on any atom is 0.325 e. The van der Waals surface area contributed by atoms with Crippen molar-refractivity contribution in [1.29, 1.82) is 0 Å². The number of imide groups is 1. The molecule has 3 fully saturated rings. The van der Waals surface area contributed by atoms with Crippen molar-refractivity contribution in [1.82, 2.24) is 15.2 Å². The van der Waals surface area contributed by atoms with Crippen LogP contribution in [0.4, 0.5) is 16.3 Å². The lowest BCUT2D eigenvalue weighted by atomic mass is 9.82. The molecule has 0 aromatic carbocycles. The first-order valence-electron chi connectivity index (χ1n) is 11.2. The third kappa shape index (κ3) is 4.66. The third-order valence-corrected chi connectivity index (χ3v) is 6.29. The van der Waals surface area contributed by atoms with Gasteiger partial charge in [0.1, 0.15) is 11.4 Å². The van der Waals surface area contributed by atoms with Gasteiger partial charge in [0.15, 0.2) is 0 Å². The molecule has 1 saturated carbocycles. The monoisotopic (exact) mass is 429 g/mol. The summed E-state index contributed by atoms with van der Waals surface area (Å²) in [5, 5.41) is 5.67. The van der Waals surface area contributed by atoms with Gasteiger partial charge in [-0.3, -0.25) is 14.5 Å². The van der Waals surface area contributed by atoms with Gasteiger partial charge in [0.25, 0.3) is 5.91 Å². The van der Waals surface area contributed by atoms with Crippen LogP contribution in [0.5, 0.6) is 0 Å². The molecule has 3 aliphatic rings. The molecule has 168 valence electrons. The molecule has 31 heavy (non-hydrogen) atoms. The van der Waals surface area contributed by atoms with E-state index in [9.17, 15) is 14.4 Å². The van der Waals surface area contributed by atoms with Crippen LogP contribution in [0.25, 0.3) is 0 Å². The topological polar surface area (TPSA) is 104 Å². The lowest BCUT2D eigenvalue weighted by Crippen LogP contribution is -2.48. The van der Waals surface area contributed by atoms with Gasteiger partial charge >= 0.3 is 6.03 Å². The van der Waals surface area contributed by atoms with E-state index < -0.39 is 5.54 Å². The highest BCUT2D eigenvalue weighted by molar-refractivity contribution is 6.07. The lowest BCUT2D eigenvalue weighted by molar-refractivity contribution is -0.132. The molecule has 4 rings (SSSR count). The zero-order chi connectivity index (χ0) is 22.0. The van der Waals surface area contributed by atoms with E-state index in [1.807, 2.05) is 26.0 Å². The molecule has 0 radical (unpaired) electrons. The number of morpholine rings is 1. The van der Waals surface area contributed by atoms with E-state index in [-0.39, 0.29) is 43.0 Å². The van der Waals surface area contributed by atoms with Gasteiger partial charge in [0.05, 0.1) is 24.1 Å². The molecule has 2 saturated heterocycles. The number of hydrogen-bond donors (Lipinski definition) is 2. The Balaban J connectivity index is 1.29. The fraction of sp³-hybridized carbons (Fsp3) is 0.636. The first-order valence-corrected chi connectivity index (χ1v) is 11.2. The highest BCUT2D eigenvalue weighted by atomic mass is 16.5. The molecular formula is C22H31N5O4. The molecular weight excluding hydrogens is 398 g/mol. The maximum atomic E-state index is 12.8. The summed E-state index contributed by atoms with van der Waals surface area (Å²) in [5.41, 5.74) is -0.163. The van der Waals surface area contributed by atoms with Crippen LogP contribution in [0, 0.1) is 0 Å². The van der Waals surface area contributed by atoms with E-state index >= 15 is 0 Å². The van der Waals surface area contributed by atoms with Crippen LogP contribution in [0.2, 0.25) is 0 Å². The van der Waals surface area contributed by atoms with Crippen molar-refractivity contribution in [3.8, 4) is 0 Å². The van der Waals surface area contributed by atoms with Gasteiger partial charge in [0, 0.05) is 26.1 Å². The molecule has 2 N–H and O–H groups in total. The Hall–Kier alpha value is -2.68. The Morgan fingerprint density at radius 1 is 1.19 bits per heavy atom. The van der Waals surface area contributed by atoms with E-state index in [0.717, 1.165) is 38.2 Å². The second kappa shape index (κ2) is 8.82. The second-order valence-electron chi connectivity index (χ2n) is 8.90. The predicted molar refractivity (Wildman–Crippen MR) is 116 cm³/mol. The minimum Gasteiger partial charge on any atom is -0.372 e. The number of hydrogen-bond acceptors (Lipinski definition) is 6. The van der Waals surface area contributed by atoms with E-state index in [1.54, 1.807) is 6.20 Å². The summed E-state index contributed by atoms with van der Waals surface area (Å²) in [6, 6.07) is 3.31. The summed E-state index contributed by atoms with van der Waals surface area (Å²) in [5.74, 6) is 0.399. The van der Waals surface area contributed by atoms with Crippen molar-refractivity contribution in [3.05, 3.63) is 18.3 Å². The summed E-state index contributed by atoms with van der Waals surface area (Å²) in [4.78, 5) is 45.3. The Morgan fingerprint density at radius 3 is 2.55 bits per heavy atom. The molecule has 1 aromatic rings. The van der Waals surface area contributed by atoms with Gasteiger partial charge in [-0.25, -0.2) is 9.78 Å². The SMILES string of the molecule is CC1CN(c2ccc(NC(=O)CCN3C(=O)NC4(CCCCC4)C3=O)cn2)CC(C)O1. The minimum atomic E-state index is -0.750. The summed E-state index contributed by atoms with van der Waals surface area (Å²) in [7, 11) is 0. The normalized spacial score (nSPS) is 25.6. The number of nitrogens with one attached hydrogen (secondary N) is 2. The van der Waals surface area contributed by atoms with Crippen LogP contribution in [-0.2, 0) is 14.3 Å². The third-order valence-electron chi connectivity index (χ3n) is 6.29. The van der Waals surface area contributed by atoms with Crippen molar-refractivity contribution < 1.29 is 19.1 Å². The van der Waals surface area contributed by atoms with Crippen LogP contribution in [0.3, 0.4) is 0 Å². The Bertz CT molecular complexity index is 827. The molecule has 4 amide bonds. The van der Waals surface area contributed by atoms with Gasteiger partial charge in [-0.2, -0.15) is 0 Å². The molecule has 1 spiro atoms. The molecule has 2 unspecified atom stereocenters. The molecule has 3 heterocycles. The predicted octanol–water partition coefficient (Wildman–Crippen LogP) is 2.28. The zero-order valence-corrected chi connectivity index (χ0v) is 18.2. The molecule has 1 aliphatic carbocycles. The number of rotatable bonds is 5. The first kappa shape index (κ1) is 21.5. The minimum absolute atomic E-state index is 0.0511. The Kier molecular flexibility index (Phi) is 6.13. The van der Waals surface area contributed by atoms with Crippen molar-refractivity contribution in [2.24, 2.45) is 0 Å². The van der Waals surface area contributed by atoms with Crippen molar-refractivity contribution in [2.45, 2.75) is 70.1 Å². The number of ether oxygens (including phenoxy) is 1. The summed E-state index contributed by atoms with van der Waals surface area (Å²) in [6.45, 7) is 5.71. The summed E-state index contributed by atoms with van der Waals surface area (Å²) < 4.78 is 5.75. The number of urea groups is 1. The van der Waals surface area contributed by atoms with E-state index in [4.69, 9.17) is 4.74 Å². The zero-order valence-electron chi connectivity index (χ0n) is 18.2. The van der Waals surface area contributed by atoms with Gasteiger partial charge < -0.3 is 20.3 Å². The van der Waals surface area contributed by atoms with E-state index in [1.165, 1.54) is 4.90 Å². The molecule has 9 nitrogen and oxygen atoms in total. The summed E-state index contributed by atoms with van der Waals surface area (Å²) in [6.07, 6.45) is 6.28. The van der Waals surface area contributed by atoms with Crippen LogP contribution in [-0.4, -0.2) is 65.1 Å². The van der Waals surface area contributed by atoms with Gasteiger partial charge in [-0.1, -0.05) is 19.3 Å². The van der Waals surface area contributed by atoms with Gasteiger partial charge in [0.2, 0.25) is 5.91 Å². The Morgan fingerprint density at radius 2 is 1.90 bits per heavy atom. The van der Waals surface area contributed by atoms with Crippen LogP contribution in [0.15, 0.2) is 18.3 Å². The highest BCUT2D eigenvalue weighted by Gasteiger charge is 2.51. The number of anilines is 2. The van der Waals surface area contributed by atoms with E-state index in [2.05, 4.69) is 20.5 Å². The van der Waals surface area contributed by atoms with Crippen LogP contribution >= 0.6 is 0 Å². The van der Waals surface area contributed by atoms with Crippen LogP contribution in [0.1, 0.15) is 52.4 Å². The van der Waals surface area contributed by atoms with E-state index in [0.29, 0.717) is 18.5 Å². The average molecular weight is 430 g/mol. The van der Waals surface area contributed by atoms with Gasteiger partial charge in [-0.15, -0.1) is 0 Å². The number of pyridine rings is 1. The van der Waals surface area contributed by atoms with Crippen molar-refractivity contribution in [3.63, 3.8) is 0 Å². The standard InChI is InChI=1S/C22H31N5O4/c1-15-13-26(14-16(2)31-15)18-7-6-17(12-23-18)24-19(28)8-11-27-20(29)22(25-21(27)30)9-4-3-5-10-22/h6-7,12,15-16H,3-5,8-11,13-14H2,1-2H3,(H,24,28)(H,25,30). The largest absolute Gasteiger partial charge is 0.372 e. The second-order valence-corrected chi connectivity index (χ2v) is 8.90. The molecule has 2 aliphatic heterocycles. The number of aromatic nitrogens is 1. The number of carbonyl (C=O) groups is 3. The van der Waals surface area contributed by atoms with Crippen molar-refractivity contribution in [2.75, 3.05) is 29.9 Å². The quantitative estimate of drug-likeness (QED) is 0.696. The number of amides is 4. The molecule has 9 heteroatoms. The molecule has 0 bridgehead atoms.